The summed E-state index contributed by atoms with van der Waals surface area (Å²) in [5, 5.41) is 15.2. The van der Waals surface area contributed by atoms with Crippen molar-refractivity contribution >= 4 is 23.1 Å². The normalized spacial score (nSPS) is 26.5. The second-order valence-corrected chi connectivity index (χ2v) is 8.99. The highest BCUT2D eigenvalue weighted by atomic mass is 19.4. The number of fused-ring (bicyclic) bond motifs is 3. The Morgan fingerprint density at radius 1 is 1.06 bits per heavy atom. The van der Waals surface area contributed by atoms with Crippen LogP contribution in [0.15, 0.2) is 36.4 Å². The number of Topliss-reactive ketones (excluding diaryl/α,β-unsaturated/α-hetero) is 1. The summed E-state index contributed by atoms with van der Waals surface area (Å²) in [7, 11) is 0. The van der Waals surface area contributed by atoms with Gasteiger partial charge in [-0.2, -0.15) is 13.2 Å². The smallest absolute Gasteiger partial charge is 0.418 e. The molecule has 2 bridgehead atoms. The van der Waals surface area contributed by atoms with E-state index in [4.69, 9.17) is 0 Å². The molecule has 1 aliphatic heterocycles. The highest BCUT2D eigenvalue weighted by Crippen LogP contribution is 2.55. The highest BCUT2D eigenvalue weighted by molar-refractivity contribution is 6.18. The Bertz CT molecular complexity index is 1080. The number of amides is 1. The lowest BCUT2D eigenvalue weighted by molar-refractivity contribution is -0.137. The Morgan fingerprint density at radius 3 is 2.41 bits per heavy atom. The number of halogens is 3. The van der Waals surface area contributed by atoms with Crippen LogP contribution < -0.4 is 10.6 Å². The third kappa shape index (κ3) is 3.42. The van der Waals surface area contributed by atoms with Crippen molar-refractivity contribution in [3.8, 4) is 5.75 Å². The first-order chi connectivity index (χ1) is 15.2. The van der Waals surface area contributed by atoms with Crippen molar-refractivity contribution in [2.24, 2.45) is 17.8 Å². The number of phenolic OH excluding ortho intramolecular Hbond substituents is 1. The van der Waals surface area contributed by atoms with Gasteiger partial charge in [0.2, 0.25) is 5.91 Å². The number of hydrogen-bond acceptors (Lipinski definition) is 4. The third-order valence-corrected chi connectivity index (χ3v) is 7.24. The number of benzene rings is 2. The molecule has 168 valence electrons. The number of ketones is 1. The number of nitrogens with one attached hydrogen (secondary N) is 2. The minimum absolute atomic E-state index is 0.0259. The number of hydrogen-bond donors (Lipinski definition) is 3. The first-order valence-corrected chi connectivity index (χ1v) is 10.9. The molecule has 1 unspecified atom stereocenters. The molecule has 2 aliphatic carbocycles. The van der Waals surface area contributed by atoms with E-state index >= 15 is 0 Å². The first-order valence-electron chi connectivity index (χ1n) is 10.9. The number of anilines is 2. The van der Waals surface area contributed by atoms with Gasteiger partial charge in [0.25, 0.3) is 0 Å². The zero-order chi connectivity index (χ0) is 22.6. The van der Waals surface area contributed by atoms with Crippen LogP contribution in [0.2, 0.25) is 0 Å². The van der Waals surface area contributed by atoms with Crippen molar-refractivity contribution in [2.45, 2.75) is 37.8 Å². The van der Waals surface area contributed by atoms with E-state index in [2.05, 4.69) is 10.6 Å². The van der Waals surface area contributed by atoms with Crippen molar-refractivity contribution in [3.63, 3.8) is 0 Å². The van der Waals surface area contributed by atoms with E-state index in [1.807, 2.05) is 0 Å². The molecule has 0 radical (unpaired) electrons. The number of carbonyl (C=O) groups is 2. The van der Waals surface area contributed by atoms with Crippen LogP contribution >= 0.6 is 0 Å². The van der Waals surface area contributed by atoms with Gasteiger partial charge in [-0.3, -0.25) is 9.59 Å². The molecule has 1 amide bonds. The first kappa shape index (κ1) is 20.8. The van der Waals surface area contributed by atoms with Crippen molar-refractivity contribution in [3.05, 3.63) is 53.1 Å². The van der Waals surface area contributed by atoms with Crippen LogP contribution in [0, 0.1) is 17.8 Å². The molecule has 2 fully saturated rings. The van der Waals surface area contributed by atoms with Gasteiger partial charge in [-0.15, -0.1) is 0 Å². The molecule has 8 heteroatoms. The van der Waals surface area contributed by atoms with Crippen molar-refractivity contribution in [1.29, 1.82) is 0 Å². The predicted molar refractivity (Wildman–Crippen MR) is 113 cm³/mol. The van der Waals surface area contributed by atoms with Crippen LogP contribution in [-0.4, -0.2) is 23.3 Å². The summed E-state index contributed by atoms with van der Waals surface area (Å²) in [4.78, 5) is 25.6. The van der Waals surface area contributed by atoms with Crippen molar-refractivity contribution < 1.29 is 27.9 Å². The monoisotopic (exact) mass is 444 g/mol. The van der Waals surface area contributed by atoms with Gasteiger partial charge < -0.3 is 15.7 Å². The van der Waals surface area contributed by atoms with E-state index in [-0.39, 0.29) is 29.5 Å². The number of aromatic hydroxyl groups is 1. The molecule has 2 aromatic rings. The zero-order valence-electron chi connectivity index (χ0n) is 17.2. The molecular formula is C24H23F3N2O3. The summed E-state index contributed by atoms with van der Waals surface area (Å²) in [5.41, 5.74) is -0.205. The Labute approximate surface area is 183 Å². The van der Waals surface area contributed by atoms with Crippen LogP contribution in [-0.2, 0) is 11.0 Å². The van der Waals surface area contributed by atoms with Gasteiger partial charge in [-0.25, -0.2) is 0 Å². The molecule has 2 saturated carbocycles. The lowest BCUT2D eigenvalue weighted by atomic mass is 9.88. The molecule has 3 aliphatic rings. The van der Waals surface area contributed by atoms with Gasteiger partial charge in [0.05, 0.1) is 16.8 Å². The average Bonchev–Trinajstić information content (AvgIpc) is 3.34. The summed E-state index contributed by atoms with van der Waals surface area (Å²) in [5.74, 6) is -1.98. The Morgan fingerprint density at radius 2 is 1.75 bits per heavy atom. The molecule has 1 atom stereocenters. The van der Waals surface area contributed by atoms with Crippen LogP contribution in [0.5, 0.6) is 5.75 Å². The molecule has 5 rings (SSSR count). The van der Waals surface area contributed by atoms with Crippen molar-refractivity contribution in [2.75, 3.05) is 17.2 Å². The van der Waals surface area contributed by atoms with Gasteiger partial charge in [0, 0.05) is 12.2 Å². The Kier molecular flexibility index (Phi) is 4.91. The fourth-order valence-electron chi connectivity index (χ4n) is 5.76. The largest absolute Gasteiger partial charge is 0.507 e. The van der Waals surface area contributed by atoms with Gasteiger partial charge in [-0.05, 0) is 73.3 Å². The summed E-state index contributed by atoms with van der Waals surface area (Å²) < 4.78 is 41.6. The number of carbonyl (C=O) groups excluding carboxylic acids is 2. The molecule has 0 aromatic heterocycles. The maximum absolute atomic E-state index is 13.9. The minimum Gasteiger partial charge on any atom is -0.507 e. The maximum atomic E-state index is 13.9. The summed E-state index contributed by atoms with van der Waals surface area (Å²) in [6, 6.07) is 8.63. The van der Waals surface area contributed by atoms with E-state index in [0.29, 0.717) is 23.1 Å². The maximum Gasteiger partial charge on any atom is 0.418 e. The topological polar surface area (TPSA) is 78.4 Å². The van der Waals surface area contributed by atoms with Gasteiger partial charge in [-0.1, -0.05) is 12.1 Å². The molecule has 32 heavy (non-hydrogen) atoms. The molecular weight excluding hydrogens is 421 g/mol. The van der Waals surface area contributed by atoms with Crippen LogP contribution in [0.4, 0.5) is 24.5 Å². The van der Waals surface area contributed by atoms with E-state index in [1.165, 1.54) is 18.2 Å². The fraction of sp³-hybridized carbons (Fsp3) is 0.417. The Hall–Kier alpha value is -3.03. The molecule has 1 heterocycles. The third-order valence-electron chi connectivity index (χ3n) is 7.24. The SMILES string of the molecule is O=C(Nc1ccc(C2C3CCC2CC3)cc1C(F)(F)F)C1CNc2cccc(O)c2C1=O. The number of alkyl halides is 3. The van der Waals surface area contributed by atoms with Gasteiger partial charge >= 0.3 is 6.18 Å². The number of phenols is 1. The highest BCUT2D eigenvalue weighted by Gasteiger charge is 2.44. The Balaban J connectivity index is 1.42. The summed E-state index contributed by atoms with van der Waals surface area (Å²) in [6.07, 6.45) is -0.420. The summed E-state index contributed by atoms with van der Waals surface area (Å²) >= 11 is 0. The van der Waals surface area contributed by atoms with Crippen LogP contribution in [0.1, 0.15) is 53.1 Å². The molecule has 0 saturated heterocycles. The number of rotatable bonds is 3. The van der Waals surface area contributed by atoms with E-state index in [9.17, 15) is 27.9 Å². The van der Waals surface area contributed by atoms with Gasteiger partial charge in [0.1, 0.15) is 11.7 Å². The minimum atomic E-state index is -4.64. The van der Waals surface area contributed by atoms with E-state index in [1.54, 1.807) is 18.2 Å². The van der Waals surface area contributed by atoms with E-state index < -0.39 is 29.3 Å². The molecule has 5 nitrogen and oxygen atoms in total. The second kappa shape index (κ2) is 7.53. The quantitative estimate of drug-likeness (QED) is 0.571. The van der Waals surface area contributed by atoms with Crippen LogP contribution in [0.3, 0.4) is 0 Å². The lowest BCUT2D eigenvalue weighted by Gasteiger charge is -2.25. The summed E-state index contributed by atoms with van der Waals surface area (Å²) in [6.45, 7) is -0.0635. The fourth-order valence-corrected chi connectivity index (χ4v) is 5.76. The van der Waals surface area contributed by atoms with Gasteiger partial charge in [0.15, 0.2) is 5.78 Å². The standard InChI is InChI=1S/C24H23F3N2O3/c25-24(26,27)16-10-14(20-12-4-5-13(20)7-6-12)8-9-17(16)29-23(32)15-11-28-18-2-1-3-19(30)21(18)22(15)31/h1-3,8-10,12-13,15,20,28,30H,4-7,11H2,(H,29,32). The average molecular weight is 444 g/mol. The van der Waals surface area contributed by atoms with E-state index in [0.717, 1.165) is 25.7 Å². The molecule has 0 spiro atoms. The lowest BCUT2D eigenvalue weighted by Crippen LogP contribution is -2.39. The van der Waals surface area contributed by atoms with Crippen molar-refractivity contribution in [1.82, 2.24) is 0 Å². The molecule has 2 aromatic carbocycles. The predicted octanol–water partition coefficient (Wildman–Crippen LogP) is 5.18. The second-order valence-electron chi connectivity index (χ2n) is 8.99. The molecule has 3 N–H and O–H groups in total. The van der Waals surface area contributed by atoms with Crippen LogP contribution in [0.25, 0.3) is 0 Å². The zero-order valence-corrected chi connectivity index (χ0v) is 17.2.